The molecule has 18 heavy (non-hydrogen) atoms. The summed E-state index contributed by atoms with van der Waals surface area (Å²) in [6.45, 7) is 0. The molecule has 1 saturated carbocycles. The smallest absolute Gasteiger partial charge is 0.306 e. The SMILES string of the molecule is O=C(O)C1CCC(SCc2ccc(F)cc2)CC1. The highest BCUT2D eigenvalue weighted by Gasteiger charge is 2.25. The maximum absolute atomic E-state index is 12.7. The van der Waals surface area contributed by atoms with Gasteiger partial charge in [0.2, 0.25) is 0 Å². The van der Waals surface area contributed by atoms with Crippen LogP contribution in [0.3, 0.4) is 0 Å². The molecule has 0 saturated heterocycles. The van der Waals surface area contributed by atoms with Crippen LogP contribution >= 0.6 is 11.8 Å². The van der Waals surface area contributed by atoms with Crippen LogP contribution in [0.4, 0.5) is 4.39 Å². The Bertz CT molecular complexity index is 397. The van der Waals surface area contributed by atoms with Crippen molar-refractivity contribution in [1.82, 2.24) is 0 Å². The first-order chi connectivity index (χ1) is 8.65. The highest BCUT2D eigenvalue weighted by atomic mass is 32.2. The molecular formula is C14H17FO2S. The molecule has 1 aromatic rings. The third-order valence-electron chi connectivity index (χ3n) is 3.42. The normalized spacial score (nSPS) is 23.8. The molecule has 1 fully saturated rings. The lowest BCUT2D eigenvalue weighted by Crippen LogP contribution is -2.22. The van der Waals surface area contributed by atoms with Gasteiger partial charge >= 0.3 is 5.97 Å². The van der Waals surface area contributed by atoms with Gasteiger partial charge in [-0.05, 0) is 43.4 Å². The van der Waals surface area contributed by atoms with E-state index in [0.29, 0.717) is 5.25 Å². The van der Waals surface area contributed by atoms with Gasteiger partial charge in [-0.3, -0.25) is 4.79 Å². The molecule has 0 aromatic heterocycles. The number of carboxylic acid groups (broad SMARTS) is 1. The van der Waals surface area contributed by atoms with Crippen molar-refractivity contribution in [2.75, 3.05) is 0 Å². The number of hydrogen-bond acceptors (Lipinski definition) is 2. The summed E-state index contributed by atoms with van der Waals surface area (Å²) in [6.07, 6.45) is 3.53. The first-order valence-corrected chi connectivity index (χ1v) is 7.29. The van der Waals surface area contributed by atoms with Crippen molar-refractivity contribution in [3.05, 3.63) is 35.6 Å². The average Bonchev–Trinajstić information content (AvgIpc) is 2.38. The Morgan fingerprint density at radius 2 is 1.83 bits per heavy atom. The Morgan fingerprint density at radius 3 is 2.39 bits per heavy atom. The van der Waals surface area contributed by atoms with Gasteiger partial charge in [0, 0.05) is 11.0 Å². The van der Waals surface area contributed by atoms with Crippen LogP contribution in [0.1, 0.15) is 31.2 Å². The molecule has 0 radical (unpaired) electrons. The van der Waals surface area contributed by atoms with Crippen molar-refractivity contribution < 1.29 is 14.3 Å². The second-order valence-corrected chi connectivity index (χ2v) is 6.04. The van der Waals surface area contributed by atoms with Gasteiger partial charge in [0.1, 0.15) is 5.82 Å². The maximum atomic E-state index is 12.7. The van der Waals surface area contributed by atoms with Crippen molar-refractivity contribution in [2.45, 2.75) is 36.7 Å². The molecule has 0 atom stereocenters. The summed E-state index contributed by atoms with van der Waals surface area (Å²) in [7, 11) is 0. The minimum atomic E-state index is -0.656. The maximum Gasteiger partial charge on any atom is 0.306 e. The van der Waals surface area contributed by atoms with Gasteiger partial charge < -0.3 is 5.11 Å². The molecule has 1 aliphatic carbocycles. The molecular weight excluding hydrogens is 251 g/mol. The number of carbonyl (C=O) groups is 1. The Balaban J connectivity index is 1.75. The molecule has 1 aliphatic rings. The van der Waals surface area contributed by atoms with E-state index < -0.39 is 5.97 Å². The predicted octanol–water partition coefficient (Wildman–Crippen LogP) is 3.70. The number of hydrogen-bond donors (Lipinski definition) is 1. The molecule has 2 rings (SSSR count). The third kappa shape index (κ3) is 3.73. The summed E-state index contributed by atoms with van der Waals surface area (Å²) < 4.78 is 12.7. The van der Waals surface area contributed by atoms with E-state index >= 15 is 0 Å². The molecule has 0 amide bonds. The molecule has 1 aromatic carbocycles. The summed E-state index contributed by atoms with van der Waals surface area (Å²) in [5, 5.41) is 9.46. The average molecular weight is 268 g/mol. The second kappa shape index (κ2) is 6.23. The minimum Gasteiger partial charge on any atom is -0.481 e. The molecule has 2 nitrogen and oxygen atoms in total. The van der Waals surface area contributed by atoms with Crippen LogP contribution in [-0.4, -0.2) is 16.3 Å². The van der Waals surface area contributed by atoms with Gasteiger partial charge in [-0.15, -0.1) is 0 Å². The highest BCUT2D eigenvalue weighted by molar-refractivity contribution is 7.99. The summed E-state index contributed by atoms with van der Waals surface area (Å²) in [5.74, 6) is -0.127. The number of benzene rings is 1. The molecule has 1 N–H and O–H groups in total. The van der Waals surface area contributed by atoms with Gasteiger partial charge in [-0.2, -0.15) is 11.8 Å². The van der Waals surface area contributed by atoms with Crippen molar-refractivity contribution in [3.8, 4) is 0 Å². The quantitative estimate of drug-likeness (QED) is 0.904. The van der Waals surface area contributed by atoms with Gasteiger partial charge in [0.15, 0.2) is 0 Å². The lowest BCUT2D eigenvalue weighted by molar-refractivity contribution is -0.142. The lowest BCUT2D eigenvalue weighted by atomic mass is 9.89. The van der Waals surface area contributed by atoms with E-state index in [4.69, 9.17) is 5.11 Å². The molecule has 98 valence electrons. The van der Waals surface area contributed by atoms with Crippen LogP contribution in [-0.2, 0) is 10.5 Å². The lowest BCUT2D eigenvalue weighted by Gasteiger charge is -2.25. The van der Waals surface area contributed by atoms with E-state index in [1.165, 1.54) is 12.1 Å². The van der Waals surface area contributed by atoms with E-state index in [1.54, 1.807) is 0 Å². The van der Waals surface area contributed by atoms with Crippen molar-refractivity contribution in [2.24, 2.45) is 5.92 Å². The van der Waals surface area contributed by atoms with E-state index in [9.17, 15) is 9.18 Å². The van der Waals surface area contributed by atoms with Gasteiger partial charge in [0.05, 0.1) is 5.92 Å². The standard InChI is InChI=1S/C14H17FO2S/c15-12-5-1-10(2-6-12)9-18-13-7-3-11(4-8-13)14(16)17/h1-2,5-6,11,13H,3-4,7-9H2,(H,16,17). The fourth-order valence-corrected chi connectivity index (χ4v) is 3.50. The second-order valence-electron chi connectivity index (χ2n) is 4.75. The third-order valence-corrected chi connectivity index (χ3v) is 4.87. The summed E-state index contributed by atoms with van der Waals surface area (Å²) >= 11 is 1.85. The number of rotatable bonds is 4. The van der Waals surface area contributed by atoms with E-state index in [1.807, 2.05) is 23.9 Å². The number of carboxylic acids is 1. The Labute approximate surface area is 111 Å². The van der Waals surface area contributed by atoms with Crippen LogP contribution in [0.2, 0.25) is 0 Å². The summed E-state index contributed by atoms with van der Waals surface area (Å²) in [5.41, 5.74) is 1.13. The Kier molecular flexibility index (Phi) is 4.64. The van der Waals surface area contributed by atoms with E-state index in [-0.39, 0.29) is 11.7 Å². The predicted molar refractivity (Wildman–Crippen MR) is 71.1 cm³/mol. The zero-order valence-corrected chi connectivity index (χ0v) is 11.0. The van der Waals surface area contributed by atoms with Crippen molar-refractivity contribution >= 4 is 17.7 Å². The summed E-state index contributed by atoms with van der Waals surface area (Å²) in [6, 6.07) is 6.59. The van der Waals surface area contributed by atoms with Crippen LogP contribution < -0.4 is 0 Å². The molecule has 0 unspecified atom stereocenters. The van der Waals surface area contributed by atoms with Crippen LogP contribution in [0.25, 0.3) is 0 Å². The zero-order valence-electron chi connectivity index (χ0n) is 10.1. The largest absolute Gasteiger partial charge is 0.481 e. The van der Waals surface area contributed by atoms with Crippen molar-refractivity contribution in [3.63, 3.8) is 0 Å². The van der Waals surface area contributed by atoms with Crippen LogP contribution in [0.5, 0.6) is 0 Å². The first kappa shape index (κ1) is 13.4. The highest BCUT2D eigenvalue weighted by Crippen LogP contribution is 2.33. The zero-order chi connectivity index (χ0) is 13.0. The van der Waals surface area contributed by atoms with Crippen LogP contribution in [0, 0.1) is 11.7 Å². The molecule has 0 spiro atoms. The van der Waals surface area contributed by atoms with E-state index in [2.05, 4.69) is 0 Å². The topological polar surface area (TPSA) is 37.3 Å². The van der Waals surface area contributed by atoms with Gasteiger partial charge in [-0.1, -0.05) is 12.1 Å². The van der Waals surface area contributed by atoms with Crippen LogP contribution in [0.15, 0.2) is 24.3 Å². The fraction of sp³-hybridized carbons (Fsp3) is 0.500. The number of thioether (sulfide) groups is 1. The molecule has 4 heteroatoms. The first-order valence-electron chi connectivity index (χ1n) is 6.24. The monoisotopic (exact) mass is 268 g/mol. The molecule has 0 bridgehead atoms. The number of halogens is 1. The summed E-state index contributed by atoms with van der Waals surface area (Å²) in [4.78, 5) is 10.8. The fourth-order valence-electron chi connectivity index (χ4n) is 2.27. The molecule has 0 heterocycles. The van der Waals surface area contributed by atoms with Crippen molar-refractivity contribution in [1.29, 1.82) is 0 Å². The Morgan fingerprint density at radius 1 is 1.22 bits per heavy atom. The molecule has 0 aliphatic heterocycles. The number of aliphatic carboxylic acids is 1. The van der Waals surface area contributed by atoms with Gasteiger partial charge in [-0.25, -0.2) is 4.39 Å². The Hall–Kier alpha value is -1.03. The van der Waals surface area contributed by atoms with E-state index in [0.717, 1.165) is 37.0 Å². The van der Waals surface area contributed by atoms with Gasteiger partial charge in [0.25, 0.3) is 0 Å². The minimum absolute atomic E-state index is 0.146.